The summed E-state index contributed by atoms with van der Waals surface area (Å²) in [6, 6.07) is 8.49. The van der Waals surface area contributed by atoms with Crippen LogP contribution < -0.4 is 5.32 Å². The van der Waals surface area contributed by atoms with Crippen molar-refractivity contribution in [3.05, 3.63) is 47.0 Å². The summed E-state index contributed by atoms with van der Waals surface area (Å²) in [5.74, 6) is 2.99. The SMILES string of the molecule is CCNC(=NCc1nnc2n1CCCCC2)N(C)Cc1ccccc1C. The predicted molar refractivity (Wildman–Crippen MR) is 105 cm³/mol. The number of hydrogen-bond acceptors (Lipinski definition) is 3. The molecule has 0 amide bonds. The van der Waals surface area contributed by atoms with E-state index in [4.69, 9.17) is 4.99 Å². The highest BCUT2D eigenvalue weighted by atomic mass is 15.3. The summed E-state index contributed by atoms with van der Waals surface area (Å²) in [7, 11) is 2.08. The van der Waals surface area contributed by atoms with Crippen LogP contribution in [0.1, 0.15) is 49.0 Å². The Bertz CT molecular complexity index is 749. The fourth-order valence-electron chi connectivity index (χ4n) is 3.40. The number of guanidine groups is 1. The molecule has 2 heterocycles. The maximum Gasteiger partial charge on any atom is 0.194 e. The average Bonchev–Trinajstić information content (AvgIpc) is 2.87. The fourth-order valence-corrected chi connectivity index (χ4v) is 3.40. The van der Waals surface area contributed by atoms with Crippen LogP contribution in [-0.4, -0.2) is 39.2 Å². The van der Waals surface area contributed by atoms with Crippen molar-refractivity contribution in [1.82, 2.24) is 25.0 Å². The third-order valence-corrected chi connectivity index (χ3v) is 4.92. The summed E-state index contributed by atoms with van der Waals surface area (Å²) in [6.07, 6.45) is 4.72. The average molecular weight is 355 g/mol. The minimum absolute atomic E-state index is 0.563. The maximum atomic E-state index is 4.83. The number of benzene rings is 1. The molecule has 6 heteroatoms. The summed E-state index contributed by atoms with van der Waals surface area (Å²) < 4.78 is 2.27. The Hall–Kier alpha value is -2.37. The quantitative estimate of drug-likeness (QED) is 0.662. The summed E-state index contributed by atoms with van der Waals surface area (Å²) in [5.41, 5.74) is 2.62. The number of aliphatic imine (C=N–C) groups is 1. The van der Waals surface area contributed by atoms with Crippen molar-refractivity contribution < 1.29 is 0 Å². The standard InChI is InChI=1S/C20H30N6/c1-4-21-20(25(3)15-17-11-8-7-10-16(17)2)22-14-19-24-23-18-12-6-5-9-13-26(18)19/h7-8,10-11H,4-6,9,12-15H2,1-3H3,(H,21,22). The van der Waals surface area contributed by atoms with E-state index in [0.29, 0.717) is 6.54 Å². The van der Waals surface area contributed by atoms with Gasteiger partial charge in [-0.1, -0.05) is 30.7 Å². The number of fused-ring (bicyclic) bond motifs is 1. The molecule has 0 aliphatic carbocycles. The van der Waals surface area contributed by atoms with Gasteiger partial charge in [0.25, 0.3) is 0 Å². The highest BCUT2D eigenvalue weighted by Gasteiger charge is 2.15. The zero-order chi connectivity index (χ0) is 18.4. The molecule has 6 nitrogen and oxygen atoms in total. The van der Waals surface area contributed by atoms with Crippen LogP contribution in [0.15, 0.2) is 29.3 Å². The molecule has 3 rings (SSSR count). The van der Waals surface area contributed by atoms with E-state index in [2.05, 4.69) is 70.1 Å². The number of aryl methyl sites for hydroxylation is 2. The Morgan fingerprint density at radius 1 is 1.23 bits per heavy atom. The van der Waals surface area contributed by atoms with Crippen LogP contribution in [0.5, 0.6) is 0 Å². The minimum atomic E-state index is 0.563. The van der Waals surface area contributed by atoms with E-state index in [9.17, 15) is 0 Å². The van der Waals surface area contributed by atoms with E-state index >= 15 is 0 Å². The first-order valence-corrected chi connectivity index (χ1v) is 9.64. The van der Waals surface area contributed by atoms with Gasteiger partial charge >= 0.3 is 0 Å². The summed E-state index contributed by atoms with van der Waals surface area (Å²) in [5, 5.41) is 12.2. The van der Waals surface area contributed by atoms with Crippen LogP contribution in [0.4, 0.5) is 0 Å². The third-order valence-electron chi connectivity index (χ3n) is 4.92. The fraction of sp³-hybridized carbons (Fsp3) is 0.550. The monoisotopic (exact) mass is 354 g/mol. The van der Waals surface area contributed by atoms with Gasteiger partial charge in [0.15, 0.2) is 11.8 Å². The Labute approximate surface area is 156 Å². The van der Waals surface area contributed by atoms with Crippen LogP contribution >= 0.6 is 0 Å². The largest absolute Gasteiger partial charge is 0.357 e. The van der Waals surface area contributed by atoms with Crippen molar-refractivity contribution >= 4 is 5.96 Å². The lowest BCUT2D eigenvalue weighted by Gasteiger charge is -2.23. The second-order valence-electron chi connectivity index (χ2n) is 6.95. The van der Waals surface area contributed by atoms with Crippen molar-refractivity contribution in [3.8, 4) is 0 Å². The molecular formula is C20H30N6. The molecule has 2 aromatic rings. The van der Waals surface area contributed by atoms with Gasteiger partial charge < -0.3 is 14.8 Å². The highest BCUT2D eigenvalue weighted by Crippen LogP contribution is 2.15. The number of rotatable bonds is 5. The van der Waals surface area contributed by atoms with Crippen LogP contribution in [0.3, 0.4) is 0 Å². The molecule has 1 N–H and O–H groups in total. The lowest BCUT2D eigenvalue weighted by molar-refractivity contribution is 0.474. The van der Waals surface area contributed by atoms with Crippen LogP contribution in [0.25, 0.3) is 0 Å². The van der Waals surface area contributed by atoms with Crippen LogP contribution in [-0.2, 0) is 26.1 Å². The molecule has 26 heavy (non-hydrogen) atoms. The number of nitrogens with zero attached hydrogens (tertiary/aromatic N) is 5. The summed E-state index contributed by atoms with van der Waals surface area (Å²) in [4.78, 5) is 7.00. The van der Waals surface area contributed by atoms with E-state index in [0.717, 1.165) is 43.7 Å². The van der Waals surface area contributed by atoms with Crippen molar-refractivity contribution in [2.24, 2.45) is 4.99 Å². The Balaban J connectivity index is 1.73. The van der Waals surface area contributed by atoms with E-state index in [1.807, 2.05) is 0 Å². The topological polar surface area (TPSA) is 58.3 Å². The first-order valence-electron chi connectivity index (χ1n) is 9.64. The van der Waals surface area contributed by atoms with Crippen molar-refractivity contribution in [2.45, 2.75) is 59.2 Å². The lowest BCUT2D eigenvalue weighted by Crippen LogP contribution is -2.38. The Morgan fingerprint density at radius 3 is 2.88 bits per heavy atom. The molecule has 0 bridgehead atoms. The van der Waals surface area contributed by atoms with Gasteiger partial charge in [-0.2, -0.15) is 0 Å². The molecule has 0 saturated heterocycles. The van der Waals surface area contributed by atoms with E-state index < -0.39 is 0 Å². The first kappa shape index (κ1) is 18.4. The predicted octanol–water partition coefficient (Wildman–Crippen LogP) is 2.91. The normalized spacial score (nSPS) is 14.7. The van der Waals surface area contributed by atoms with Gasteiger partial charge in [-0.05, 0) is 37.8 Å². The molecule has 0 saturated carbocycles. The molecule has 1 aliphatic rings. The molecule has 0 unspecified atom stereocenters. The van der Waals surface area contributed by atoms with Gasteiger partial charge in [0.05, 0.1) is 0 Å². The zero-order valence-corrected chi connectivity index (χ0v) is 16.2. The van der Waals surface area contributed by atoms with Crippen LogP contribution in [0, 0.1) is 6.92 Å². The van der Waals surface area contributed by atoms with Gasteiger partial charge in [-0.25, -0.2) is 4.99 Å². The Morgan fingerprint density at radius 2 is 2.08 bits per heavy atom. The van der Waals surface area contributed by atoms with Gasteiger partial charge in [0, 0.05) is 33.1 Å². The second-order valence-corrected chi connectivity index (χ2v) is 6.95. The number of aromatic nitrogens is 3. The molecule has 1 aliphatic heterocycles. The molecule has 0 spiro atoms. The summed E-state index contributed by atoms with van der Waals surface area (Å²) in [6.45, 7) is 7.50. The van der Waals surface area contributed by atoms with Gasteiger partial charge in [-0.15, -0.1) is 10.2 Å². The number of hydrogen-bond donors (Lipinski definition) is 1. The van der Waals surface area contributed by atoms with Crippen molar-refractivity contribution in [1.29, 1.82) is 0 Å². The van der Waals surface area contributed by atoms with Crippen molar-refractivity contribution in [3.63, 3.8) is 0 Å². The van der Waals surface area contributed by atoms with E-state index in [1.54, 1.807) is 0 Å². The third kappa shape index (κ3) is 4.42. The molecule has 1 aromatic carbocycles. The first-order chi connectivity index (χ1) is 12.7. The van der Waals surface area contributed by atoms with Gasteiger partial charge in [-0.3, -0.25) is 0 Å². The molecule has 0 fully saturated rings. The smallest absolute Gasteiger partial charge is 0.194 e. The Kier molecular flexibility index (Phi) is 6.26. The highest BCUT2D eigenvalue weighted by molar-refractivity contribution is 5.79. The minimum Gasteiger partial charge on any atom is -0.357 e. The number of nitrogens with one attached hydrogen (secondary N) is 1. The molecule has 140 valence electrons. The molecule has 1 aromatic heterocycles. The van der Waals surface area contributed by atoms with Crippen LogP contribution in [0.2, 0.25) is 0 Å². The summed E-state index contributed by atoms with van der Waals surface area (Å²) >= 11 is 0. The molecule has 0 radical (unpaired) electrons. The maximum absolute atomic E-state index is 4.83. The van der Waals surface area contributed by atoms with E-state index in [1.165, 1.54) is 30.4 Å². The second kappa shape index (κ2) is 8.83. The van der Waals surface area contributed by atoms with E-state index in [-0.39, 0.29) is 0 Å². The lowest BCUT2D eigenvalue weighted by atomic mass is 10.1. The van der Waals surface area contributed by atoms with Crippen molar-refractivity contribution in [2.75, 3.05) is 13.6 Å². The molecule has 0 atom stereocenters. The molecular weight excluding hydrogens is 324 g/mol. The zero-order valence-electron chi connectivity index (χ0n) is 16.2. The van der Waals surface area contributed by atoms with Gasteiger partial charge in [0.2, 0.25) is 0 Å². The van der Waals surface area contributed by atoms with Gasteiger partial charge in [0.1, 0.15) is 12.4 Å².